The van der Waals surface area contributed by atoms with Gasteiger partial charge in [-0.3, -0.25) is 19.2 Å². The number of rotatable bonds is 12. The molecule has 4 aromatic rings. The van der Waals surface area contributed by atoms with Gasteiger partial charge in [0.05, 0.1) is 12.1 Å². The standard InChI is InChI=1S/C42H44F3N5O5S/c1-5-6-31-21-49(39(51)14-10-26-7-13-30(44)19-33(26)45)37(40(52)46-31)17-25(4)16-32-18-28(23-56-32)35-22-50(36(15-24(2)3)41(53)47-35)42(54)38-20-34(48-55-38)27-8-11-29(43)12-9-27/h5-14,18-20,23-25,31,35-37H,15-17,21-22H2,1-4H3,(H,46,52)(H,47,53)/b6-5+,14-10+/t25?,31-,35+,36-,37-/m0/s1. The minimum absolute atomic E-state index is 0.0271. The number of piperazine rings is 2. The van der Waals surface area contributed by atoms with Crippen LogP contribution in [0, 0.1) is 29.3 Å². The van der Waals surface area contributed by atoms with Crippen LogP contribution in [0.2, 0.25) is 0 Å². The van der Waals surface area contributed by atoms with Crippen LogP contribution in [0.25, 0.3) is 17.3 Å². The van der Waals surface area contributed by atoms with E-state index in [4.69, 9.17) is 4.52 Å². The van der Waals surface area contributed by atoms with Gasteiger partial charge in [0.25, 0.3) is 5.91 Å². The van der Waals surface area contributed by atoms with Crippen LogP contribution in [0.4, 0.5) is 13.2 Å². The van der Waals surface area contributed by atoms with Gasteiger partial charge in [-0.1, -0.05) is 38.1 Å². The van der Waals surface area contributed by atoms with Gasteiger partial charge in [0.2, 0.25) is 23.5 Å². The first-order valence-corrected chi connectivity index (χ1v) is 19.5. The number of halogens is 3. The normalized spacial score (nSPS) is 20.9. The third kappa shape index (κ3) is 9.47. The summed E-state index contributed by atoms with van der Waals surface area (Å²) in [6, 6.07) is 9.88. The molecule has 2 fully saturated rings. The number of aromatic nitrogens is 1. The highest BCUT2D eigenvalue weighted by Gasteiger charge is 2.40. The highest BCUT2D eigenvalue weighted by molar-refractivity contribution is 7.10. The van der Waals surface area contributed by atoms with Crippen LogP contribution < -0.4 is 10.6 Å². The molecule has 0 saturated carbocycles. The number of hydrogen-bond acceptors (Lipinski definition) is 7. The fourth-order valence-corrected chi connectivity index (χ4v) is 8.27. The molecule has 2 aromatic carbocycles. The molecular formula is C42H44F3N5O5S. The highest BCUT2D eigenvalue weighted by atomic mass is 32.1. The first-order chi connectivity index (χ1) is 26.8. The van der Waals surface area contributed by atoms with Crippen LogP contribution in [0.15, 0.2) is 82.7 Å². The van der Waals surface area contributed by atoms with Crippen LogP contribution in [-0.4, -0.2) is 69.8 Å². The molecular weight excluding hydrogens is 744 g/mol. The summed E-state index contributed by atoms with van der Waals surface area (Å²) in [4.78, 5) is 58.4. The van der Waals surface area contributed by atoms with Crippen LogP contribution in [0.1, 0.15) is 73.1 Å². The lowest BCUT2D eigenvalue weighted by Crippen LogP contribution is -2.61. The summed E-state index contributed by atoms with van der Waals surface area (Å²) < 4.78 is 46.6. The van der Waals surface area contributed by atoms with Crippen molar-refractivity contribution in [3.8, 4) is 11.3 Å². The molecule has 294 valence electrons. The van der Waals surface area contributed by atoms with E-state index >= 15 is 0 Å². The molecule has 10 nitrogen and oxygen atoms in total. The third-order valence-corrected chi connectivity index (χ3v) is 10.9. The lowest BCUT2D eigenvalue weighted by Gasteiger charge is -2.39. The lowest BCUT2D eigenvalue weighted by atomic mass is 9.93. The zero-order valence-electron chi connectivity index (χ0n) is 31.5. The lowest BCUT2D eigenvalue weighted by molar-refractivity contribution is -0.141. The smallest absolute Gasteiger partial charge is 0.293 e. The van der Waals surface area contributed by atoms with Crippen LogP contribution in [0.5, 0.6) is 0 Å². The summed E-state index contributed by atoms with van der Waals surface area (Å²) in [7, 11) is 0. The van der Waals surface area contributed by atoms with E-state index in [9.17, 15) is 32.3 Å². The molecule has 2 aliphatic rings. The Bertz CT molecular complexity index is 2130. The van der Waals surface area contributed by atoms with E-state index in [0.29, 0.717) is 30.5 Å². The van der Waals surface area contributed by atoms with Gasteiger partial charge in [0.1, 0.15) is 35.2 Å². The Morgan fingerprint density at radius 1 is 0.929 bits per heavy atom. The van der Waals surface area contributed by atoms with E-state index in [1.165, 1.54) is 57.6 Å². The molecule has 6 rings (SSSR count). The second-order valence-corrected chi connectivity index (χ2v) is 15.8. The van der Waals surface area contributed by atoms with Gasteiger partial charge in [-0.15, -0.1) is 11.3 Å². The topological polar surface area (TPSA) is 125 Å². The van der Waals surface area contributed by atoms with Crippen molar-refractivity contribution in [2.45, 2.75) is 71.1 Å². The summed E-state index contributed by atoms with van der Waals surface area (Å²) in [6.07, 6.45) is 7.45. The largest absolute Gasteiger partial charge is 0.350 e. The number of nitrogens with one attached hydrogen (secondary N) is 2. The molecule has 2 N–H and O–H groups in total. The summed E-state index contributed by atoms with van der Waals surface area (Å²) in [5.74, 6) is -3.39. The summed E-state index contributed by atoms with van der Waals surface area (Å²) >= 11 is 1.50. The second-order valence-electron chi connectivity index (χ2n) is 14.8. The van der Waals surface area contributed by atoms with Crippen molar-refractivity contribution in [1.82, 2.24) is 25.6 Å². The van der Waals surface area contributed by atoms with Crippen molar-refractivity contribution in [2.24, 2.45) is 11.8 Å². The summed E-state index contributed by atoms with van der Waals surface area (Å²) in [5.41, 5.74) is 1.83. The van der Waals surface area contributed by atoms with E-state index < -0.39 is 53.4 Å². The fraction of sp³-hybridized carbons (Fsp3) is 0.357. The summed E-state index contributed by atoms with van der Waals surface area (Å²) in [6.45, 7) is 8.19. The maximum Gasteiger partial charge on any atom is 0.293 e. The third-order valence-electron chi connectivity index (χ3n) is 9.92. The Labute approximate surface area is 327 Å². The molecule has 0 bridgehead atoms. The zero-order chi connectivity index (χ0) is 40.1. The minimum atomic E-state index is -0.799. The van der Waals surface area contributed by atoms with Crippen LogP contribution in [0.3, 0.4) is 0 Å². The van der Waals surface area contributed by atoms with Crippen molar-refractivity contribution in [3.63, 3.8) is 0 Å². The van der Waals surface area contributed by atoms with E-state index in [1.807, 2.05) is 39.1 Å². The van der Waals surface area contributed by atoms with E-state index in [2.05, 4.69) is 15.8 Å². The van der Waals surface area contributed by atoms with Gasteiger partial charge in [0.15, 0.2) is 0 Å². The maximum absolute atomic E-state index is 14.3. The van der Waals surface area contributed by atoms with Crippen LogP contribution >= 0.6 is 11.3 Å². The molecule has 4 heterocycles. The molecule has 5 atom stereocenters. The second kappa shape index (κ2) is 17.5. The quantitative estimate of drug-likeness (QED) is 0.117. The van der Waals surface area contributed by atoms with Crippen molar-refractivity contribution in [3.05, 3.63) is 117 Å². The van der Waals surface area contributed by atoms with Crippen molar-refractivity contribution in [1.29, 1.82) is 0 Å². The van der Waals surface area contributed by atoms with Gasteiger partial charge in [-0.2, -0.15) is 0 Å². The zero-order valence-corrected chi connectivity index (χ0v) is 32.3. The van der Waals surface area contributed by atoms with Gasteiger partial charge >= 0.3 is 0 Å². The first kappa shape index (κ1) is 40.2. The Balaban J connectivity index is 1.15. The Kier molecular flexibility index (Phi) is 12.6. The first-order valence-electron chi connectivity index (χ1n) is 18.6. The van der Waals surface area contributed by atoms with Gasteiger partial charge < -0.3 is 25.0 Å². The van der Waals surface area contributed by atoms with Gasteiger partial charge in [-0.05, 0) is 97.5 Å². The minimum Gasteiger partial charge on any atom is -0.350 e. The number of carbonyl (C=O) groups excluding carboxylic acids is 4. The maximum atomic E-state index is 14.3. The average Bonchev–Trinajstić information content (AvgIpc) is 3.84. The Hall–Kier alpha value is -5.50. The Morgan fingerprint density at radius 3 is 2.36 bits per heavy atom. The molecule has 2 saturated heterocycles. The monoisotopic (exact) mass is 787 g/mol. The van der Waals surface area contributed by atoms with Gasteiger partial charge in [0, 0.05) is 47.3 Å². The molecule has 1 unspecified atom stereocenters. The molecule has 0 radical (unpaired) electrons. The van der Waals surface area contributed by atoms with E-state index in [1.54, 1.807) is 24.3 Å². The molecule has 2 aliphatic heterocycles. The molecule has 0 spiro atoms. The SMILES string of the molecule is C/C=C/[C@H]1CN(C(=O)/C=C/c2ccc(F)cc2F)[C@@H](CC(C)Cc2cc([C@H]3CN(C(=O)c4cc(-c5ccc(F)cc5)no4)[C@@H](CC(C)C)C(=O)N3)cs2)C(=O)N1. The van der Waals surface area contributed by atoms with E-state index in [0.717, 1.165) is 22.6 Å². The van der Waals surface area contributed by atoms with E-state index in [-0.39, 0.29) is 48.1 Å². The van der Waals surface area contributed by atoms with Crippen molar-refractivity contribution >= 4 is 41.0 Å². The van der Waals surface area contributed by atoms with Gasteiger partial charge in [-0.25, -0.2) is 13.2 Å². The van der Waals surface area contributed by atoms with Crippen molar-refractivity contribution in [2.75, 3.05) is 13.1 Å². The molecule has 0 aliphatic carbocycles. The molecule has 2 aromatic heterocycles. The summed E-state index contributed by atoms with van der Waals surface area (Å²) in [5, 5.41) is 12.0. The number of nitrogens with zero attached hydrogens (tertiary/aromatic N) is 3. The highest BCUT2D eigenvalue weighted by Crippen LogP contribution is 2.31. The molecule has 56 heavy (non-hydrogen) atoms. The predicted molar refractivity (Wildman–Crippen MR) is 207 cm³/mol. The average molecular weight is 788 g/mol. The van der Waals surface area contributed by atoms with Crippen molar-refractivity contribution < 1.29 is 36.9 Å². The number of carbonyl (C=O) groups is 4. The molecule has 4 amide bonds. The number of hydrogen-bond donors (Lipinski definition) is 2. The molecule has 14 heteroatoms. The van der Waals surface area contributed by atoms with Crippen LogP contribution in [-0.2, 0) is 20.8 Å². The number of thiophene rings is 1. The predicted octanol–water partition coefficient (Wildman–Crippen LogP) is 7.10. The number of amides is 4. The Morgan fingerprint density at radius 2 is 1.64 bits per heavy atom. The fourth-order valence-electron chi connectivity index (χ4n) is 7.16. The number of allylic oxidation sites excluding steroid dienone is 1. The number of benzene rings is 2.